The van der Waals surface area contributed by atoms with Gasteiger partial charge in [0.25, 0.3) is 0 Å². The van der Waals surface area contributed by atoms with E-state index in [4.69, 9.17) is 0 Å². The number of hydrogen-bond donors (Lipinski definition) is 0. The summed E-state index contributed by atoms with van der Waals surface area (Å²) < 4.78 is 0. The maximum Gasteiger partial charge on any atom is 0.144 e. The molecule has 0 nitrogen and oxygen atoms in total. The number of benzene rings is 5. The van der Waals surface area contributed by atoms with E-state index < -0.39 is 7.26 Å². The summed E-state index contributed by atoms with van der Waals surface area (Å²) in [6.45, 7) is 2.26. The van der Waals surface area contributed by atoms with E-state index >= 15 is 0 Å². The van der Waals surface area contributed by atoms with Crippen LogP contribution in [-0.2, 0) is 6.42 Å². The van der Waals surface area contributed by atoms with Gasteiger partial charge in [0.2, 0.25) is 0 Å². The summed E-state index contributed by atoms with van der Waals surface area (Å²) in [5.74, 6) is 0. The summed E-state index contributed by atoms with van der Waals surface area (Å²) in [5, 5.41) is 5.52. The number of rotatable bonds is 9. The number of aryl methyl sites for hydroxylation is 1. The summed E-state index contributed by atoms with van der Waals surface area (Å²) >= 11 is 0. The molecule has 0 aromatic heterocycles. The Morgan fingerprint density at radius 1 is 0.432 bits per heavy atom. The lowest BCUT2D eigenvalue weighted by molar-refractivity contribution is -0.00000699. The topological polar surface area (TPSA) is 0 Å². The second-order valence-electron chi connectivity index (χ2n) is 9.38. The van der Waals surface area contributed by atoms with Crippen LogP contribution in [0.3, 0.4) is 0 Å². The van der Waals surface area contributed by atoms with Crippen molar-refractivity contribution in [2.75, 3.05) is 0 Å². The molecule has 0 saturated carbocycles. The Morgan fingerprint density at radius 2 is 0.811 bits per heavy atom. The summed E-state index contributed by atoms with van der Waals surface area (Å²) in [6.07, 6.45) is 5.02. The zero-order chi connectivity index (χ0) is 24.6. The standard InChI is InChI=1S/C35H34P.BrH/c1-2-3-7-14-29-21-23-30(24-22-29)31-25-27-35(28-26-31)36(32-15-8-4-9-16-32,33-17-10-5-11-18-33)34-19-12-6-13-20-34;/h4-6,8-13,15-28H,2-3,7,14H2,1H3;1H/q+1;/p-1. The van der Waals surface area contributed by atoms with Crippen LogP contribution in [0.1, 0.15) is 31.7 Å². The van der Waals surface area contributed by atoms with Gasteiger partial charge in [-0.15, -0.1) is 0 Å². The molecular formula is C35H34BrP. The number of unbranched alkanes of at least 4 members (excludes halogenated alkanes) is 2. The van der Waals surface area contributed by atoms with E-state index in [1.807, 2.05) is 0 Å². The average Bonchev–Trinajstić information content (AvgIpc) is 2.96. The minimum atomic E-state index is -2.04. The minimum Gasteiger partial charge on any atom is -1.00 e. The summed E-state index contributed by atoms with van der Waals surface area (Å²) in [7, 11) is -2.04. The molecule has 37 heavy (non-hydrogen) atoms. The third-order valence-corrected chi connectivity index (χ3v) is 11.3. The molecule has 0 aliphatic rings. The van der Waals surface area contributed by atoms with Crippen LogP contribution in [0.25, 0.3) is 11.1 Å². The quantitative estimate of drug-likeness (QED) is 0.180. The summed E-state index contributed by atoms with van der Waals surface area (Å²) in [6, 6.07) is 51.7. The maximum absolute atomic E-state index is 2.37. The zero-order valence-electron chi connectivity index (χ0n) is 21.4. The molecule has 0 N–H and O–H groups in total. The van der Waals surface area contributed by atoms with Crippen molar-refractivity contribution < 1.29 is 17.0 Å². The SMILES string of the molecule is CCCCCc1ccc(-c2ccc([P+](c3ccccc3)(c3ccccc3)c3ccccc3)cc2)cc1.[Br-]. The first-order valence-corrected chi connectivity index (χ1v) is 14.9. The Morgan fingerprint density at radius 3 is 1.22 bits per heavy atom. The van der Waals surface area contributed by atoms with Gasteiger partial charge in [-0.1, -0.05) is 111 Å². The van der Waals surface area contributed by atoms with Gasteiger partial charge in [-0.25, -0.2) is 0 Å². The number of halogens is 1. The third-order valence-electron chi connectivity index (χ3n) is 7.04. The second-order valence-corrected chi connectivity index (χ2v) is 12.8. The van der Waals surface area contributed by atoms with Gasteiger partial charge in [0, 0.05) is 0 Å². The van der Waals surface area contributed by atoms with Crippen molar-refractivity contribution in [1.82, 2.24) is 0 Å². The van der Waals surface area contributed by atoms with E-state index in [2.05, 4.69) is 146 Å². The van der Waals surface area contributed by atoms with Crippen LogP contribution >= 0.6 is 7.26 Å². The van der Waals surface area contributed by atoms with Crippen LogP contribution in [0.15, 0.2) is 140 Å². The summed E-state index contributed by atoms with van der Waals surface area (Å²) in [5.41, 5.74) is 3.99. The van der Waals surface area contributed by atoms with Crippen LogP contribution in [-0.4, -0.2) is 0 Å². The highest BCUT2D eigenvalue weighted by Gasteiger charge is 2.47. The highest BCUT2D eigenvalue weighted by atomic mass is 79.9. The molecular weight excluding hydrogens is 531 g/mol. The van der Waals surface area contributed by atoms with Gasteiger partial charge in [-0.05, 0) is 78.1 Å². The largest absolute Gasteiger partial charge is 1.00 e. The predicted molar refractivity (Wildman–Crippen MR) is 160 cm³/mol. The minimum absolute atomic E-state index is 0. The molecule has 0 aliphatic heterocycles. The lowest BCUT2D eigenvalue weighted by Gasteiger charge is -2.27. The molecule has 0 unspecified atom stereocenters. The average molecular weight is 566 g/mol. The Bertz CT molecular complexity index is 1250. The fourth-order valence-corrected chi connectivity index (χ4v) is 9.41. The molecule has 5 rings (SSSR count). The van der Waals surface area contributed by atoms with Crippen molar-refractivity contribution in [2.45, 2.75) is 32.6 Å². The molecule has 5 aromatic rings. The first-order valence-electron chi connectivity index (χ1n) is 13.1. The van der Waals surface area contributed by atoms with Crippen molar-refractivity contribution in [3.8, 4) is 11.1 Å². The molecule has 0 amide bonds. The van der Waals surface area contributed by atoms with Gasteiger partial charge < -0.3 is 17.0 Å². The van der Waals surface area contributed by atoms with Gasteiger partial charge in [0.05, 0.1) is 0 Å². The Labute approximate surface area is 233 Å². The van der Waals surface area contributed by atoms with Gasteiger partial charge in [0.1, 0.15) is 28.5 Å². The Hall–Kier alpha value is -2.99. The highest BCUT2D eigenvalue weighted by molar-refractivity contribution is 8.01. The van der Waals surface area contributed by atoms with E-state index in [9.17, 15) is 0 Å². The third kappa shape index (κ3) is 5.80. The molecule has 0 spiro atoms. The first kappa shape index (κ1) is 27.1. The van der Waals surface area contributed by atoms with E-state index in [-0.39, 0.29) is 17.0 Å². The second kappa shape index (κ2) is 13.0. The molecule has 0 saturated heterocycles. The van der Waals surface area contributed by atoms with Crippen LogP contribution in [0, 0.1) is 0 Å². The van der Waals surface area contributed by atoms with Gasteiger partial charge in [-0.3, -0.25) is 0 Å². The maximum atomic E-state index is 2.37. The van der Waals surface area contributed by atoms with Crippen LogP contribution in [0.5, 0.6) is 0 Å². The fraction of sp³-hybridized carbons (Fsp3) is 0.143. The Kier molecular flexibility index (Phi) is 9.51. The fourth-order valence-electron chi connectivity index (χ4n) is 5.17. The lowest BCUT2D eigenvalue weighted by Crippen LogP contribution is -3.00. The zero-order valence-corrected chi connectivity index (χ0v) is 23.9. The highest BCUT2D eigenvalue weighted by Crippen LogP contribution is 2.54. The normalized spacial score (nSPS) is 11.1. The molecule has 0 bridgehead atoms. The molecule has 0 radical (unpaired) electrons. The number of hydrogen-bond acceptors (Lipinski definition) is 0. The van der Waals surface area contributed by atoms with Crippen LogP contribution in [0.4, 0.5) is 0 Å². The van der Waals surface area contributed by atoms with Crippen molar-refractivity contribution in [3.63, 3.8) is 0 Å². The molecule has 5 aromatic carbocycles. The van der Waals surface area contributed by atoms with Crippen molar-refractivity contribution in [1.29, 1.82) is 0 Å². The first-order chi connectivity index (χ1) is 17.8. The molecule has 0 fully saturated rings. The molecule has 0 atom stereocenters. The van der Waals surface area contributed by atoms with Crippen LogP contribution < -0.4 is 38.2 Å². The van der Waals surface area contributed by atoms with E-state index in [1.54, 1.807) is 0 Å². The molecule has 2 heteroatoms. The smallest absolute Gasteiger partial charge is 0.144 e. The van der Waals surface area contributed by atoms with Gasteiger partial charge in [0.15, 0.2) is 0 Å². The molecule has 0 aliphatic carbocycles. The van der Waals surface area contributed by atoms with E-state index in [0.717, 1.165) is 0 Å². The van der Waals surface area contributed by atoms with Crippen molar-refractivity contribution in [2.24, 2.45) is 0 Å². The predicted octanol–water partition coefficient (Wildman–Crippen LogP) is 4.71. The van der Waals surface area contributed by atoms with Gasteiger partial charge in [-0.2, -0.15) is 0 Å². The van der Waals surface area contributed by atoms with Gasteiger partial charge >= 0.3 is 0 Å². The summed E-state index contributed by atoms with van der Waals surface area (Å²) in [4.78, 5) is 0. The monoisotopic (exact) mass is 564 g/mol. The lowest BCUT2D eigenvalue weighted by atomic mass is 10.0. The van der Waals surface area contributed by atoms with Crippen LogP contribution in [0.2, 0.25) is 0 Å². The molecule has 186 valence electrons. The van der Waals surface area contributed by atoms with E-state index in [1.165, 1.54) is 63.6 Å². The van der Waals surface area contributed by atoms with Crippen molar-refractivity contribution in [3.05, 3.63) is 145 Å². The molecule has 0 heterocycles. The van der Waals surface area contributed by atoms with E-state index in [0.29, 0.717) is 0 Å². The Balaban J connectivity index is 0.00000320. The van der Waals surface area contributed by atoms with Crippen molar-refractivity contribution >= 4 is 28.5 Å².